The zero-order valence-electron chi connectivity index (χ0n) is 16.5. The maximum absolute atomic E-state index is 12.6. The Kier molecular flexibility index (Phi) is 6.22. The first kappa shape index (κ1) is 19.6. The van der Waals surface area contributed by atoms with Gasteiger partial charge in [0.15, 0.2) is 0 Å². The molecule has 1 N–H and O–H groups in total. The molecule has 5 nitrogen and oxygen atoms in total. The molecule has 0 aliphatic carbocycles. The van der Waals surface area contributed by atoms with Crippen molar-refractivity contribution in [2.75, 3.05) is 18.4 Å². The molecule has 3 aromatic rings. The Balaban J connectivity index is 1.25. The summed E-state index contributed by atoms with van der Waals surface area (Å²) in [6.07, 6.45) is 3.42. The van der Waals surface area contributed by atoms with Gasteiger partial charge in [0.25, 0.3) is 0 Å². The van der Waals surface area contributed by atoms with Crippen molar-refractivity contribution in [2.45, 2.75) is 26.3 Å². The fourth-order valence-electron chi connectivity index (χ4n) is 3.51. The molecule has 1 aliphatic rings. The third-order valence-corrected chi connectivity index (χ3v) is 6.09. The number of carbonyl (C=O) groups is 1. The summed E-state index contributed by atoms with van der Waals surface area (Å²) >= 11 is 1.85. The fraction of sp³-hybridized carbons (Fsp3) is 0.304. The van der Waals surface area contributed by atoms with Gasteiger partial charge in [-0.2, -0.15) is 0 Å². The summed E-state index contributed by atoms with van der Waals surface area (Å²) in [6, 6.07) is 17.5. The van der Waals surface area contributed by atoms with Crippen molar-refractivity contribution in [3.05, 3.63) is 70.5 Å². The van der Waals surface area contributed by atoms with Crippen LogP contribution in [0.25, 0.3) is 0 Å². The van der Waals surface area contributed by atoms with Crippen LogP contribution in [0.2, 0.25) is 0 Å². The first-order valence-electron chi connectivity index (χ1n) is 9.93. The minimum atomic E-state index is 0.0524. The van der Waals surface area contributed by atoms with E-state index in [4.69, 9.17) is 4.74 Å². The molecule has 1 amide bonds. The van der Waals surface area contributed by atoms with Crippen LogP contribution in [0.15, 0.2) is 60.8 Å². The topological polar surface area (TPSA) is 54.5 Å². The van der Waals surface area contributed by atoms with Crippen LogP contribution >= 0.6 is 11.3 Å². The lowest BCUT2D eigenvalue weighted by Gasteiger charge is -2.30. The quantitative estimate of drug-likeness (QED) is 0.618. The van der Waals surface area contributed by atoms with Crippen LogP contribution in [0.4, 0.5) is 5.69 Å². The summed E-state index contributed by atoms with van der Waals surface area (Å²) in [7, 11) is 0. The van der Waals surface area contributed by atoms with Crippen LogP contribution in [0.3, 0.4) is 0 Å². The summed E-state index contributed by atoms with van der Waals surface area (Å²) in [5.41, 5.74) is 0.701. The zero-order chi connectivity index (χ0) is 20.1. The van der Waals surface area contributed by atoms with Gasteiger partial charge in [0.2, 0.25) is 11.8 Å². The number of aromatic nitrogens is 1. The van der Waals surface area contributed by atoms with Crippen LogP contribution in [-0.4, -0.2) is 28.9 Å². The number of nitrogens with one attached hydrogen (secondary N) is 1. The highest BCUT2D eigenvalue weighted by Gasteiger charge is 2.25. The summed E-state index contributed by atoms with van der Waals surface area (Å²) in [4.78, 5) is 22.1. The van der Waals surface area contributed by atoms with Crippen molar-refractivity contribution in [1.29, 1.82) is 0 Å². The largest absolute Gasteiger partial charge is 0.439 e. The van der Waals surface area contributed by atoms with Gasteiger partial charge >= 0.3 is 0 Å². The average Bonchev–Trinajstić information content (AvgIpc) is 3.15. The molecule has 3 heterocycles. The number of likely N-dealkylation sites (tertiary alicyclic amines) is 1. The molecule has 1 aromatic carbocycles. The first-order chi connectivity index (χ1) is 14.2. The Morgan fingerprint density at radius 2 is 1.93 bits per heavy atom. The van der Waals surface area contributed by atoms with Crippen LogP contribution in [0, 0.1) is 12.8 Å². The minimum Gasteiger partial charge on any atom is -0.439 e. The number of rotatable bonds is 6. The van der Waals surface area contributed by atoms with Crippen LogP contribution in [-0.2, 0) is 11.3 Å². The third kappa shape index (κ3) is 5.43. The maximum Gasteiger partial charge on any atom is 0.227 e. The Morgan fingerprint density at radius 1 is 1.14 bits per heavy atom. The third-order valence-electron chi connectivity index (χ3n) is 5.10. The summed E-state index contributed by atoms with van der Waals surface area (Å²) < 4.78 is 5.69. The molecule has 0 radical (unpaired) electrons. The van der Waals surface area contributed by atoms with E-state index in [9.17, 15) is 4.79 Å². The van der Waals surface area contributed by atoms with Crippen molar-refractivity contribution in [3.8, 4) is 11.6 Å². The maximum atomic E-state index is 12.6. The molecule has 6 heteroatoms. The van der Waals surface area contributed by atoms with E-state index in [1.807, 2.05) is 47.7 Å². The normalized spacial score (nSPS) is 15.2. The molecule has 1 fully saturated rings. The molecule has 0 bridgehead atoms. The molecule has 0 spiro atoms. The molecule has 1 aliphatic heterocycles. The van der Waals surface area contributed by atoms with Gasteiger partial charge in [-0.1, -0.05) is 18.2 Å². The van der Waals surface area contributed by atoms with E-state index in [0.29, 0.717) is 11.6 Å². The smallest absolute Gasteiger partial charge is 0.227 e. The Hall–Kier alpha value is -2.70. The van der Waals surface area contributed by atoms with Crippen LogP contribution in [0.5, 0.6) is 11.6 Å². The standard InChI is InChI=1S/C23H25N3O2S/c1-17-7-9-21(29-17)16-26-13-11-18(12-14-26)23(27)25-19-8-10-22(24-15-19)28-20-5-3-2-4-6-20/h2-10,15,18H,11-14,16H2,1H3,(H,25,27). The first-order valence-corrected chi connectivity index (χ1v) is 10.7. The van der Waals surface area contributed by atoms with E-state index < -0.39 is 0 Å². The number of anilines is 1. The molecule has 0 atom stereocenters. The van der Waals surface area contributed by atoms with Crippen molar-refractivity contribution < 1.29 is 9.53 Å². The van der Waals surface area contributed by atoms with Gasteiger partial charge in [-0.05, 0) is 63.2 Å². The van der Waals surface area contributed by atoms with E-state index in [1.165, 1.54) is 9.75 Å². The number of pyridine rings is 1. The van der Waals surface area contributed by atoms with Gasteiger partial charge in [0, 0.05) is 28.3 Å². The molecule has 0 saturated carbocycles. The summed E-state index contributed by atoms with van der Waals surface area (Å²) in [6.45, 7) is 5.04. The lowest BCUT2D eigenvalue weighted by Crippen LogP contribution is -2.37. The molecular weight excluding hydrogens is 382 g/mol. The number of amides is 1. The lowest BCUT2D eigenvalue weighted by molar-refractivity contribution is -0.121. The van der Waals surface area contributed by atoms with Gasteiger partial charge in [-0.25, -0.2) is 4.98 Å². The van der Waals surface area contributed by atoms with Gasteiger partial charge < -0.3 is 10.1 Å². The van der Waals surface area contributed by atoms with Crippen molar-refractivity contribution >= 4 is 22.9 Å². The van der Waals surface area contributed by atoms with E-state index in [2.05, 4.69) is 34.3 Å². The van der Waals surface area contributed by atoms with Crippen molar-refractivity contribution in [2.24, 2.45) is 5.92 Å². The number of hydrogen-bond donors (Lipinski definition) is 1. The van der Waals surface area contributed by atoms with Crippen molar-refractivity contribution in [3.63, 3.8) is 0 Å². The number of ether oxygens (including phenoxy) is 1. The van der Waals surface area contributed by atoms with E-state index in [-0.39, 0.29) is 11.8 Å². The number of carbonyl (C=O) groups excluding carboxylic acids is 1. The molecule has 1 saturated heterocycles. The molecule has 29 heavy (non-hydrogen) atoms. The molecule has 2 aromatic heterocycles. The highest BCUT2D eigenvalue weighted by Crippen LogP contribution is 2.24. The number of benzene rings is 1. The summed E-state index contributed by atoms with van der Waals surface area (Å²) in [5, 5.41) is 3.00. The van der Waals surface area contributed by atoms with Gasteiger partial charge in [0.1, 0.15) is 5.75 Å². The average molecular weight is 408 g/mol. The Morgan fingerprint density at radius 3 is 2.59 bits per heavy atom. The monoisotopic (exact) mass is 407 g/mol. The van der Waals surface area contributed by atoms with Crippen molar-refractivity contribution in [1.82, 2.24) is 9.88 Å². The van der Waals surface area contributed by atoms with E-state index in [0.717, 1.165) is 38.2 Å². The zero-order valence-corrected chi connectivity index (χ0v) is 17.3. The fourth-order valence-corrected chi connectivity index (χ4v) is 4.44. The Bertz CT molecular complexity index is 932. The summed E-state index contributed by atoms with van der Waals surface area (Å²) in [5.74, 6) is 1.37. The highest BCUT2D eigenvalue weighted by molar-refractivity contribution is 7.11. The molecule has 4 rings (SSSR count). The minimum absolute atomic E-state index is 0.0524. The number of nitrogens with zero attached hydrogens (tertiary/aromatic N) is 2. The molecule has 0 unspecified atom stereocenters. The van der Waals surface area contributed by atoms with E-state index in [1.54, 1.807) is 12.3 Å². The number of piperidine rings is 1. The Labute approximate surface area is 175 Å². The SMILES string of the molecule is Cc1ccc(CN2CCC(C(=O)Nc3ccc(Oc4ccccc4)nc3)CC2)s1. The number of aryl methyl sites for hydroxylation is 1. The predicted molar refractivity (Wildman–Crippen MR) is 116 cm³/mol. The predicted octanol–water partition coefficient (Wildman–Crippen LogP) is 5.09. The van der Waals surface area contributed by atoms with Crippen LogP contribution < -0.4 is 10.1 Å². The van der Waals surface area contributed by atoms with Gasteiger partial charge in [0.05, 0.1) is 11.9 Å². The molecule has 150 valence electrons. The molecular formula is C23H25N3O2S. The second-order valence-corrected chi connectivity index (χ2v) is 8.72. The number of hydrogen-bond acceptors (Lipinski definition) is 5. The lowest BCUT2D eigenvalue weighted by atomic mass is 9.96. The highest BCUT2D eigenvalue weighted by atomic mass is 32.1. The second-order valence-electron chi connectivity index (χ2n) is 7.35. The van der Waals surface area contributed by atoms with Gasteiger partial charge in [-0.15, -0.1) is 11.3 Å². The number of para-hydroxylation sites is 1. The number of thiophene rings is 1. The van der Waals surface area contributed by atoms with Crippen LogP contribution in [0.1, 0.15) is 22.6 Å². The second kappa shape index (κ2) is 9.20. The van der Waals surface area contributed by atoms with E-state index >= 15 is 0 Å². The van der Waals surface area contributed by atoms with Gasteiger partial charge in [-0.3, -0.25) is 9.69 Å².